The zero-order chi connectivity index (χ0) is 13.7. The van der Waals surface area contributed by atoms with Crippen LogP contribution in [0.1, 0.15) is 25.3 Å². The predicted octanol–water partition coefficient (Wildman–Crippen LogP) is 2.30. The summed E-state index contributed by atoms with van der Waals surface area (Å²) in [4.78, 5) is 11.9. The number of carbonyl (C=O) groups excluding carboxylic acids is 1. The summed E-state index contributed by atoms with van der Waals surface area (Å²) in [5.74, 6) is -0.266. The lowest BCUT2D eigenvalue weighted by atomic mass is 9.81. The molecule has 1 aromatic carbocycles. The Morgan fingerprint density at radius 1 is 1.30 bits per heavy atom. The van der Waals surface area contributed by atoms with E-state index in [1.807, 2.05) is 0 Å². The van der Waals surface area contributed by atoms with E-state index in [1.165, 1.54) is 12.1 Å². The number of hydrogen-bond acceptors (Lipinski definition) is 2. The second-order valence-corrected chi connectivity index (χ2v) is 5.64. The summed E-state index contributed by atoms with van der Waals surface area (Å²) in [6.07, 6.45) is 2.49. The maximum atomic E-state index is 12.8. The van der Waals surface area contributed by atoms with Gasteiger partial charge in [0.05, 0.1) is 6.42 Å². The van der Waals surface area contributed by atoms with E-state index in [-0.39, 0.29) is 29.5 Å². The minimum Gasteiger partial charge on any atom is -0.355 e. The molecule has 1 amide bonds. The Bertz CT molecular complexity index is 430. The van der Waals surface area contributed by atoms with Crippen LogP contribution in [0.25, 0.3) is 0 Å². The molecule has 112 valence electrons. The third kappa shape index (κ3) is 5.10. The summed E-state index contributed by atoms with van der Waals surface area (Å²) in [6.45, 7) is 4.97. The Morgan fingerprint density at radius 2 is 1.90 bits per heavy atom. The molecule has 1 aliphatic rings. The van der Waals surface area contributed by atoms with Crippen molar-refractivity contribution in [1.82, 2.24) is 10.6 Å². The van der Waals surface area contributed by atoms with Gasteiger partial charge in [-0.15, -0.1) is 12.4 Å². The first-order valence-corrected chi connectivity index (χ1v) is 6.79. The SMILES string of the molecule is CC1(CNC(=O)Cc2ccc(F)cc2)CCNCC1.Cl. The summed E-state index contributed by atoms with van der Waals surface area (Å²) >= 11 is 0. The van der Waals surface area contributed by atoms with E-state index in [0.717, 1.165) is 31.5 Å². The first-order chi connectivity index (χ1) is 9.07. The van der Waals surface area contributed by atoms with Crippen LogP contribution in [0.15, 0.2) is 24.3 Å². The third-order valence-corrected chi connectivity index (χ3v) is 3.80. The summed E-state index contributed by atoms with van der Waals surface area (Å²) in [7, 11) is 0. The van der Waals surface area contributed by atoms with Crippen LogP contribution in [-0.2, 0) is 11.2 Å². The highest BCUT2D eigenvalue weighted by Gasteiger charge is 2.26. The van der Waals surface area contributed by atoms with Crippen molar-refractivity contribution in [3.63, 3.8) is 0 Å². The molecule has 1 aliphatic heterocycles. The number of nitrogens with one attached hydrogen (secondary N) is 2. The number of hydrogen-bond donors (Lipinski definition) is 2. The molecule has 0 unspecified atom stereocenters. The van der Waals surface area contributed by atoms with Gasteiger partial charge in [0.2, 0.25) is 5.91 Å². The lowest BCUT2D eigenvalue weighted by molar-refractivity contribution is -0.121. The monoisotopic (exact) mass is 300 g/mol. The van der Waals surface area contributed by atoms with Crippen LogP contribution < -0.4 is 10.6 Å². The van der Waals surface area contributed by atoms with Gasteiger partial charge in [-0.3, -0.25) is 4.79 Å². The predicted molar refractivity (Wildman–Crippen MR) is 80.6 cm³/mol. The minimum absolute atomic E-state index is 0. The smallest absolute Gasteiger partial charge is 0.224 e. The van der Waals surface area contributed by atoms with Crippen molar-refractivity contribution in [2.45, 2.75) is 26.2 Å². The first-order valence-electron chi connectivity index (χ1n) is 6.79. The van der Waals surface area contributed by atoms with E-state index in [0.29, 0.717) is 13.0 Å². The van der Waals surface area contributed by atoms with Gasteiger partial charge in [0.15, 0.2) is 0 Å². The van der Waals surface area contributed by atoms with Crippen LogP contribution in [0.2, 0.25) is 0 Å². The highest BCUT2D eigenvalue weighted by Crippen LogP contribution is 2.26. The Hall–Kier alpha value is -1.13. The van der Waals surface area contributed by atoms with Crippen molar-refractivity contribution in [3.8, 4) is 0 Å². The second kappa shape index (κ2) is 7.60. The van der Waals surface area contributed by atoms with E-state index in [9.17, 15) is 9.18 Å². The quantitative estimate of drug-likeness (QED) is 0.896. The molecule has 0 bridgehead atoms. The largest absolute Gasteiger partial charge is 0.355 e. The summed E-state index contributed by atoms with van der Waals surface area (Å²) in [5, 5.41) is 6.32. The standard InChI is InChI=1S/C15H21FN2O.ClH/c1-15(6-8-17-9-7-15)11-18-14(19)10-12-2-4-13(16)5-3-12;/h2-5,17H,6-11H2,1H3,(H,18,19);1H. The molecule has 0 saturated carbocycles. The molecule has 2 rings (SSSR count). The van der Waals surface area contributed by atoms with Gasteiger partial charge < -0.3 is 10.6 Å². The fourth-order valence-electron chi connectivity index (χ4n) is 2.37. The molecule has 2 N–H and O–H groups in total. The molecule has 0 aliphatic carbocycles. The number of piperidine rings is 1. The van der Waals surface area contributed by atoms with Crippen molar-refractivity contribution in [1.29, 1.82) is 0 Å². The van der Waals surface area contributed by atoms with E-state index in [1.54, 1.807) is 12.1 Å². The second-order valence-electron chi connectivity index (χ2n) is 5.64. The molecule has 5 heteroatoms. The van der Waals surface area contributed by atoms with Crippen LogP contribution in [0.3, 0.4) is 0 Å². The summed E-state index contributed by atoms with van der Waals surface area (Å²) in [6, 6.07) is 6.08. The lowest BCUT2D eigenvalue weighted by Crippen LogP contribution is -2.43. The van der Waals surface area contributed by atoms with Gasteiger partial charge in [-0.1, -0.05) is 19.1 Å². The number of benzene rings is 1. The van der Waals surface area contributed by atoms with E-state index >= 15 is 0 Å². The zero-order valence-electron chi connectivity index (χ0n) is 11.7. The molecule has 1 saturated heterocycles. The molecule has 3 nitrogen and oxygen atoms in total. The fourth-order valence-corrected chi connectivity index (χ4v) is 2.37. The third-order valence-electron chi connectivity index (χ3n) is 3.80. The minimum atomic E-state index is -0.272. The van der Waals surface area contributed by atoms with Crippen LogP contribution in [0.4, 0.5) is 4.39 Å². The molecule has 1 fully saturated rings. The topological polar surface area (TPSA) is 41.1 Å². The fraction of sp³-hybridized carbons (Fsp3) is 0.533. The van der Waals surface area contributed by atoms with Gasteiger partial charge in [0, 0.05) is 6.54 Å². The van der Waals surface area contributed by atoms with Crippen LogP contribution in [0, 0.1) is 11.2 Å². The van der Waals surface area contributed by atoms with Gasteiger partial charge in [-0.2, -0.15) is 0 Å². The number of rotatable bonds is 4. The highest BCUT2D eigenvalue weighted by molar-refractivity contribution is 5.85. The van der Waals surface area contributed by atoms with Crippen molar-refractivity contribution in [2.24, 2.45) is 5.41 Å². The number of halogens is 2. The maximum Gasteiger partial charge on any atom is 0.224 e. The Morgan fingerprint density at radius 3 is 2.50 bits per heavy atom. The molecule has 1 aromatic rings. The van der Waals surface area contributed by atoms with Crippen molar-refractivity contribution in [3.05, 3.63) is 35.6 Å². The first kappa shape index (κ1) is 16.9. The van der Waals surface area contributed by atoms with E-state index < -0.39 is 0 Å². The van der Waals surface area contributed by atoms with Gasteiger partial charge in [-0.05, 0) is 49.0 Å². The van der Waals surface area contributed by atoms with Gasteiger partial charge >= 0.3 is 0 Å². The number of amides is 1. The molecule has 0 spiro atoms. The van der Waals surface area contributed by atoms with E-state index in [4.69, 9.17) is 0 Å². The van der Waals surface area contributed by atoms with Crippen LogP contribution in [-0.4, -0.2) is 25.5 Å². The van der Waals surface area contributed by atoms with Crippen LogP contribution >= 0.6 is 12.4 Å². The van der Waals surface area contributed by atoms with Gasteiger partial charge in [-0.25, -0.2) is 4.39 Å². The van der Waals surface area contributed by atoms with Crippen molar-refractivity contribution >= 4 is 18.3 Å². The molecule has 0 aromatic heterocycles. The van der Waals surface area contributed by atoms with Crippen molar-refractivity contribution < 1.29 is 9.18 Å². The molecule has 0 atom stereocenters. The van der Waals surface area contributed by atoms with Gasteiger partial charge in [0.1, 0.15) is 5.82 Å². The van der Waals surface area contributed by atoms with E-state index in [2.05, 4.69) is 17.6 Å². The van der Waals surface area contributed by atoms with Crippen molar-refractivity contribution in [2.75, 3.05) is 19.6 Å². The molecule has 1 heterocycles. The highest BCUT2D eigenvalue weighted by atomic mass is 35.5. The zero-order valence-corrected chi connectivity index (χ0v) is 12.6. The normalized spacial score (nSPS) is 17.1. The number of carbonyl (C=O) groups is 1. The average molecular weight is 301 g/mol. The average Bonchev–Trinajstić information content (AvgIpc) is 2.40. The van der Waals surface area contributed by atoms with Crippen LogP contribution in [0.5, 0.6) is 0 Å². The molecular weight excluding hydrogens is 279 g/mol. The lowest BCUT2D eigenvalue weighted by Gasteiger charge is -2.34. The molecule has 0 radical (unpaired) electrons. The Balaban J connectivity index is 0.00000200. The Kier molecular flexibility index (Phi) is 6.43. The molecular formula is C15H22ClFN2O. The summed E-state index contributed by atoms with van der Waals surface area (Å²) in [5.41, 5.74) is 1.04. The summed E-state index contributed by atoms with van der Waals surface area (Å²) < 4.78 is 12.8. The molecule has 20 heavy (non-hydrogen) atoms. The maximum absolute atomic E-state index is 12.8. The van der Waals surface area contributed by atoms with Gasteiger partial charge in [0.25, 0.3) is 0 Å². The Labute approximate surface area is 125 Å².